The van der Waals surface area contributed by atoms with E-state index in [0.29, 0.717) is 11.8 Å². The molecule has 1 aromatic heterocycles. The first-order chi connectivity index (χ1) is 10.2. The van der Waals surface area contributed by atoms with Crippen LogP contribution >= 0.6 is 11.8 Å². The number of aryl methyl sites for hydroxylation is 1. The SMILES string of the molecule is Cn1cnnc1SCC(=O)NC1C2CC3CC(C2)CC1C3. The molecule has 4 bridgehead atoms. The van der Waals surface area contributed by atoms with Gasteiger partial charge in [-0.15, -0.1) is 10.2 Å². The van der Waals surface area contributed by atoms with E-state index in [0.717, 1.165) is 28.8 Å². The van der Waals surface area contributed by atoms with Crippen molar-refractivity contribution in [2.45, 2.75) is 43.3 Å². The summed E-state index contributed by atoms with van der Waals surface area (Å²) in [6, 6.07) is 0.436. The molecule has 0 atom stereocenters. The second-order valence-electron chi connectivity index (χ2n) is 7.04. The number of aromatic nitrogens is 3. The summed E-state index contributed by atoms with van der Waals surface area (Å²) in [6.45, 7) is 0. The van der Waals surface area contributed by atoms with Crippen molar-refractivity contribution in [3.63, 3.8) is 0 Å². The highest BCUT2D eigenvalue weighted by atomic mass is 32.2. The first-order valence-electron chi connectivity index (χ1n) is 7.95. The number of thioether (sulfide) groups is 1. The molecule has 6 heteroatoms. The van der Waals surface area contributed by atoms with Crippen LogP contribution in [0.15, 0.2) is 11.5 Å². The van der Waals surface area contributed by atoms with Crippen LogP contribution in [0.1, 0.15) is 32.1 Å². The molecule has 1 N–H and O–H groups in total. The number of carbonyl (C=O) groups excluding carboxylic acids is 1. The molecular weight excluding hydrogens is 284 g/mol. The summed E-state index contributed by atoms with van der Waals surface area (Å²) in [5, 5.41) is 12.0. The number of nitrogens with zero attached hydrogens (tertiary/aromatic N) is 3. The van der Waals surface area contributed by atoms with E-state index in [1.165, 1.54) is 43.9 Å². The lowest BCUT2D eigenvalue weighted by molar-refractivity contribution is -0.122. The summed E-state index contributed by atoms with van der Waals surface area (Å²) < 4.78 is 1.85. The van der Waals surface area contributed by atoms with E-state index < -0.39 is 0 Å². The van der Waals surface area contributed by atoms with Gasteiger partial charge in [-0.25, -0.2) is 0 Å². The number of nitrogens with one attached hydrogen (secondary N) is 1. The molecule has 4 fully saturated rings. The van der Waals surface area contributed by atoms with Crippen molar-refractivity contribution in [3.8, 4) is 0 Å². The van der Waals surface area contributed by atoms with Crippen LogP contribution < -0.4 is 5.32 Å². The predicted molar refractivity (Wildman–Crippen MR) is 80.7 cm³/mol. The lowest BCUT2D eigenvalue weighted by atomic mass is 9.54. The molecule has 114 valence electrons. The summed E-state index contributed by atoms with van der Waals surface area (Å²) in [5.41, 5.74) is 0. The van der Waals surface area contributed by atoms with Gasteiger partial charge >= 0.3 is 0 Å². The largest absolute Gasteiger partial charge is 0.352 e. The molecule has 0 aromatic carbocycles. The maximum absolute atomic E-state index is 12.3. The Kier molecular flexibility index (Phi) is 3.44. The maximum Gasteiger partial charge on any atom is 0.230 e. The molecule has 0 unspecified atom stereocenters. The normalized spacial score (nSPS) is 36.9. The number of hydrogen-bond donors (Lipinski definition) is 1. The van der Waals surface area contributed by atoms with Crippen molar-refractivity contribution in [1.29, 1.82) is 0 Å². The smallest absolute Gasteiger partial charge is 0.230 e. The van der Waals surface area contributed by atoms with E-state index in [2.05, 4.69) is 15.5 Å². The minimum Gasteiger partial charge on any atom is -0.352 e. The highest BCUT2D eigenvalue weighted by molar-refractivity contribution is 7.99. The quantitative estimate of drug-likeness (QED) is 0.863. The van der Waals surface area contributed by atoms with Crippen LogP contribution in [0.25, 0.3) is 0 Å². The number of amides is 1. The van der Waals surface area contributed by atoms with Crippen molar-refractivity contribution in [1.82, 2.24) is 20.1 Å². The second kappa shape index (κ2) is 5.30. The van der Waals surface area contributed by atoms with Crippen LogP contribution in [-0.4, -0.2) is 32.5 Å². The molecule has 0 radical (unpaired) electrons. The second-order valence-corrected chi connectivity index (χ2v) is 7.98. The Hall–Kier alpha value is -1.04. The van der Waals surface area contributed by atoms with E-state index in [-0.39, 0.29) is 5.91 Å². The average Bonchev–Trinajstić information content (AvgIpc) is 2.85. The monoisotopic (exact) mass is 306 g/mol. The Morgan fingerprint density at radius 2 is 1.95 bits per heavy atom. The fourth-order valence-electron chi connectivity index (χ4n) is 4.92. The third kappa shape index (κ3) is 2.58. The summed E-state index contributed by atoms with van der Waals surface area (Å²) in [5.74, 6) is 3.98. The zero-order valence-corrected chi connectivity index (χ0v) is 13.2. The van der Waals surface area contributed by atoms with Gasteiger partial charge in [-0.2, -0.15) is 0 Å². The Morgan fingerprint density at radius 3 is 2.52 bits per heavy atom. The van der Waals surface area contributed by atoms with Gasteiger partial charge in [0.15, 0.2) is 5.16 Å². The van der Waals surface area contributed by atoms with Crippen LogP contribution in [0.5, 0.6) is 0 Å². The average molecular weight is 306 g/mol. The molecule has 1 amide bonds. The molecule has 5 rings (SSSR count). The van der Waals surface area contributed by atoms with Crippen molar-refractivity contribution in [2.24, 2.45) is 30.7 Å². The first kappa shape index (κ1) is 13.6. The molecule has 1 aromatic rings. The van der Waals surface area contributed by atoms with Crippen molar-refractivity contribution < 1.29 is 4.79 Å². The van der Waals surface area contributed by atoms with E-state index in [4.69, 9.17) is 0 Å². The van der Waals surface area contributed by atoms with Gasteiger partial charge in [0.05, 0.1) is 5.75 Å². The number of carbonyl (C=O) groups is 1. The van der Waals surface area contributed by atoms with Gasteiger partial charge < -0.3 is 9.88 Å². The third-order valence-electron chi connectivity index (χ3n) is 5.56. The summed E-state index contributed by atoms with van der Waals surface area (Å²) >= 11 is 1.47. The van der Waals surface area contributed by atoms with Crippen molar-refractivity contribution >= 4 is 17.7 Å². The molecule has 0 saturated heterocycles. The summed E-state index contributed by atoms with van der Waals surface area (Å²) in [6.07, 6.45) is 8.49. The molecule has 21 heavy (non-hydrogen) atoms. The van der Waals surface area contributed by atoms with Crippen molar-refractivity contribution in [2.75, 3.05) is 5.75 Å². The third-order valence-corrected chi connectivity index (χ3v) is 6.59. The maximum atomic E-state index is 12.3. The first-order valence-corrected chi connectivity index (χ1v) is 8.93. The van der Waals surface area contributed by atoms with Gasteiger partial charge in [0.2, 0.25) is 5.91 Å². The Balaban J connectivity index is 1.33. The van der Waals surface area contributed by atoms with E-state index in [1.807, 2.05) is 11.6 Å². The molecule has 0 aliphatic heterocycles. The minimum absolute atomic E-state index is 0.153. The summed E-state index contributed by atoms with van der Waals surface area (Å²) in [7, 11) is 1.90. The molecule has 5 nitrogen and oxygen atoms in total. The van der Waals surface area contributed by atoms with Gasteiger partial charge in [-0.3, -0.25) is 4.79 Å². The minimum atomic E-state index is 0.153. The van der Waals surface area contributed by atoms with Gasteiger partial charge in [0.25, 0.3) is 0 Å². The molecule has 1 heterocycles. The lowest BCUT2D eigenvalue weighted by Gasteiger charge is -2.54. The Labute approximate surface area is 129 Å². The van der Waals surface area contributed by atoms with Gasteiger partial charge in [-0.05, 0) is 55.8 Å². The summed E-state index contributed by atoms with van der Waals surface area (Å²) in [4.78, 5) is 12.3. The zero-order valence-electron chi connectivity index (χ0n) is 12.4. The van der Waals surface area contributed by atoms with Crippen molar-refractivity contribution in [3.05, 3.63) is 6.33 Å². The van der Waals surface area contributed by atoms with Gasteiger partial charge in [0, 0.05) is 13.1 Å². The van der Waals surface area contributed by atoms with Gasteiger partial charge in [-0.1, -0.05) is 11.8 Å². The fraction of sp³-hybridized carbons (Fsp3) is 0.800. The van der Waals surface area contributed by atoms with Crippen LogP contribution in [0.3, 0.4) is 0 Å². The lowest BCUT2D eigenvalue weighted by Crippen LogP contribution is -2.56. The Bertz CT molecular complexity index is 516. The molecule has 0 spiro atoms. The van der Waals surface area contributed by atoms with Crippen LogP contribution in [0, 0.1) is 23.7 Å². The molecular formula is C15H22N4OS. The van der Waals surface area contributed by atoms with Crippen LogP contribution in [0.4, 0.5) is 0 Å². The highest BCUT2D eigenvalue weighted by Crippen LogP contribution is 2.53. The highest BCUT2D eigenvalue weighted by Gasteiger charge is 2.48. The predicted octanol–water partition coefficient (Wildman–Crippen LogP) is 1.85. The van der Waals surface area contributed by atoms with E-state index in [1.54, 1.807) is 6.33 Å². The zero-order chi connectivity index (χ0) is 14.4. The Morgan fingerprint density at radius 1 is 1.29 bits per heavy atom. The molecule has 4 saturated carbocycles. The number of rotatable bonds is 4. The standard InChI is InChI=1S/C15H22N4OS/c1-19-8-16-18-15(19)21-7-13(20)17-14-11-3-9-2-10(5-11)6-12(14)4-9/h8-12,14H,2-7H2,1H3,(H,17,20). The molecule has 4 aliphatic carbocycles. The van der Waals surface area contributed by atoms with Gasteiger partial charge in [0.1, 0.15) is 6.33 Å². The fourth-order valence-corrected chi connectivity index (χ4v) is 5.62. The van der Waals surface area contributed by atoms with Crippen LogP contribution in [-0.2, 0) is 11.8 Å². The van der Waals surface area contributed by atoms with Crippen LogP contribution in [0.2, 0.25) is 0 Å². The topological polar surface area (TPSA) is 59.8 Å². The van der Waals surface area contributed by atoms with E-state index >= 15 is 0 Å². The number of hydrogen-bond acceptors (Lipinski definition) is 4. The molecule has 4 aliphatic rings. The van der Waals surface area contributed by atoms with E-state index in [9.17, 15) is 4.79 Å².